The molecule has 30 heavy (non-hydrogen) atoms. The molecule has 0 aromatic rings. The lowest BCUT2D eigenvalue weighted by Gasteiger charge is -2.19. The zero-order valence-electron chi connectivity index (χ0n) is 18.7. The summed E-state index contributed by atoms with van der Waals surface area (Å²) in [6.45, 7) is 4.98. The molecular weight excluding hydrogens is 382 g/mol. The fourth-order valence-corrected chi connectivity index (χ4v) is 3.95. The maximum absolute atomic E-state index is 12.2. The molecule has 4 atom stereocenters. The maximum atomic E-state index is 12.2. The summed E-state index contributed by atoms with van der Waals surface area (Å²) in [5.74, 6) is -0.412. The van der Waals surface area contributed by atoms with Gasteiger partial charge in [-0.3, -0.25) is 9.59 Å². The number of likely N-dealkylation sites (N-methyl/N-ethyl adjacent to an activating group) is 1. The summed E-state index contributed by atoms with van der Waals surface area (Å²) in [5, 5.41) is 29.3. The number of carbonyl (C=O) groups excluding carboxylic acids is 2. The van der Waals surface area contributed by atoms with Crippen LogP contribution in [0, 0.1) is 11.8 Å². The van der Waals surface area contributed by atoms with Gasteiger partial charge in [-0.1, -0.05) is 50.5 Å². The summed E-state index contributed by atoms with van der Waals surface area (Å²) in [6, 6.07) is 0. The van der Waals surface area contributed by atoms with Crippen LogP contribution in [-0.2, 0) is 9.59 Å². The van der Waals surface area contributed by atoms with Crippen molar-refractivity contribution in [3.05, 3.63) is 24.3 Å². The number of aliphatic hydroxyl groups is 3. The van der Waals surface area contributed by atoms with Crippen LogP contribution in [0.4, 0.5) is 0 Å². The Kier molecular flexibility index (Phi) is 13.6. The largest absolute Gasteiger partial charge is 0.395 e. The van der Waals surface area contributed by atoms with Crippen LogP contribution in [0.1, 0.15) is 71.6 Å². The van der Waals surface area contributed by atoms with Crippen molar-refractivity contribution in [1.82, 2.24) is 4.90 Å². The van der Waals surface area contributed by atoms with Gasteiger partial charge in [0.15, 0.2) is 0 Å². The van der Waals surface area contributed by atoms with E-state index >= 15 is 0 Å². The van der Waals surface area contributed by atoms with Crippen molar-refractivity contribution in [3.63, 3.8) is 0 Å². The van der Waals surface area contributed by atoms with Gasteiger partial charge in [0.1, 0.15) is 5.78 Å². The standard InChI is InChI=1S/C24H41NO5/c1-3-5-8-11-19(27)14-15-21-20(22(28)18-23(21)29)12-9-6-7-10-13-24(30)25(4-2)16-17-26/h6,9,14-15,19-22,26-28H,3-5,7-8,10-13,16-18H2,1-2H3/b9-6-,15-14+/t19?,20-,21-,22?/m1/s1. The van der Waals surface area contributed by atoms with Crippen LogP contribution in [0.15, 0.2) is 24.3 Å². The quantitative estimate of drug-likeness (QED) is 0.278. The highest BCUT2D eigenvalue weighted by Gasteiger charge is 2.39. The van der Waals surface area contributed by atoms with Gasteiger partial charge in [-0.2, -0.15) is 0 Å². The molecule has 1 amide bonds. The van der Waals surface area contributed by atoms with E-state index in [1.165, 1.54) is 0 Å². The van der Waals surface area contributed by atoms with Gasteiger partial charge in [-0.25, -0.2) is 0 Å². The number of rotatable bonds is 15. The van der Waals surface area contributed by atoms with Crippen LogP contribution in [0.2, 0.25) is 0 Å². The van der Waals surface area contributed by atoms with Crippen LogP contribution in [-0.4, -0.2) is 63.8 Å². The fourth-order valence-electron chi connectivity index (χ4n) is 3.95. The highest BCUT2D eigenvalue weighted by atomic mass is 16.3. The smallest absolute Gasteiger partial charge is 0.222 e. The molecular formula is C24H41NO5. The predicted octanol–water partition coefficient (Wildman–Crippen LogP) is 3.01. The first-order valence-electron chi connectivity index (χ1n) is 11.5. The third-order valence-electron chi connectivity index (χ3n) is 5.82. The van der Waals surface area contributed by atoms with Crippen molar-refractivity contribution in [2.75, 3.05) is 19.7 Å². The van der Waals surface area contributed by atoms with E-state index in [2.05, 4.69) is 6.92 Å². The normalized spacial score (nSPS) is 23.0. The second-order valence-electron chi connectivity index (χ2n) is 8.17. The lowest BCUT2D eigenvalue weighted by atomic mass is 9.90. The summed E-state index contributed by atoms with van der Waals surface area (Å²) < 4.78 is 0. The Labute approximate surface area is 181 Å². The second kappa shape index (κ2) is 15.3. The third-order valence-corrected chi connectivity index (χ3v) is 5.82. The lowest BCUT2D eigenvalue weighted by Crippen LogP contribution is -2.33. The zero-order valence-corrected chi connectivity index (χ0v) is 18.7. The Balaban J connectivity index is 2.43. The van der Waals surface area contributed by atoms with E-state index in [0.29, 0.717) is 32.4 Å². The summed E-state index contributed by atoms with van der Waals surface area (Å²) in [4.78, 5) is 25.9. The van der Waals surface area contributed by atoms with Crippen molar-refractivity contribution < 1.29 is 24.9 Å². The van der Waals surface area contributed by atoms with Gasteiger partial charge in [0.2, 0.25) is 5.91 Å². The summed E-state index contributed by atoms with van der Waals surface area (Å²) in [7, 11) is 0. The van der Waals surface area contributed by atoms with E-state index in [1.54, 1.807) is 17.1 Å². The number of hydrogen-bond donors (Lipinski definition) is 3. The van der Waals surface area contributed by atoms with E-state index in [-0.39, 0.29) is 36.6 Å². The Hall–Kier alpha value is -1.50. The predicted molar refractivity (Wildman–Crippen MR) is 119 cm³/mol. The molecule has 172 valence electrons. The Morgan fingerprint density at radius 1 is 1.23 bits per heavy atom. The molecule has 0 aliphatic heterocycles. The van der Waals surface area contributed by atoms with Crippen LogP contribution >= 0.6 is 0 Å². The first-order chi connectivity index (χ1) is 14.4. The second-order valence-corrected chi connectivity index (χ2v) is 8.17. The van der Waals surface area contributed by atoms with Crippen molar-refractivity contribution in [1.29, 1.82) is 0 Å². The first kappa shape index (κ1) is 26.5. The molecule has 3 N–H and O–H groups in total. The van der Waals surface area contributed by atoms with Crippen molar-refractivity contribution in [2.45, 2.75) is 83.8 Å². The van der Waals surface area contributed by atoms with Crippen LogP contribution in [0.25, 0.3) is 0 Å². The molecule has 0 radical (unpaired) electrons. The Morgan fingerprint density at radius 2 is 2.00 bits per heavy atom. The molecule has 6 heteroatoms. The molecule has 0 spiro atoms. The van der Waals surface area contributed by atoms with Crippen LogP contribution < -0.4 is 0 Å². The SMILES string of the molecule is CCCCCC(O)/C=C/[C@H]1C(=O)CC(O)[C@@H]1C/C=C\CCCC(=O)N(CC)CCO. The first-order valence-corrected chi connectivity index (χ1v) is 11.5. The van der Waals surface area contributed by atoms with E-state index in [9.17, 15) is 19.8 Å². The minimum atomic E-state index is -0.646. The summed E-state index contributed by atoms with van der Waals surface area (Å²) >= 11 is 0. The van der Waals surface area contributed by atoms with Gasteiger partial charge in [-0.15, -0.1) is 0 Å². The molecule has 0 aromatic carbocycles. The van der Waals surface area contributed by atoms with Gasteiger partial charge in [-0.05, 0) is 32.6 Å². The Bertz CT molecular complexity index is 560. The van der Waals surface area contributed by atoms with Crippen molar-refractivity contribution >= 4 is 11.7 Å². The van der Waals surface area contributed by atoms with Gasteiger partial charge in [0.05, 0.1) is 18.8 Å². The van der Waals surface area contributed by atoms with Gasteiger partial charge in [0.25, 0.3) is 0 Å². The van der Waals surface area contributed by atoms with E-state index in [0.717, 1.165) is 32.1 Å². The number of ketones is 1. The highest BCUT2D eigenvalue weighted by molar-refractivity contribution is 5.86. The van der Waals surface area contributed by atoms with Crippen LogP contribution in [0.3, 0.4) is 0 Å². The molecule has 0 saturated heterocycles. The molecule has 1 aliphatic rings. The van der Waals surface area contributed by atoms with E-state index < -0.39 is 12.2 Å². The monoisotopic (exact) mass is 423 g/mol. The van der Waals surface area contributed by atoms with Gasteiger partial charge in [0, 0.05) is 37.8 Å². The molecule has 0 aromatic heterocycles. The molecule has 0 bridgehead atoms. The van der Waals surface area contributed by atoms with E-state index in [4.69, 9.17) is 5.11 Å². The highest BCUT2D eigenvalue weighted by Crippen LogP contribution is 2.33. The minimum Gasteiger partial charge on any atom is -0.395 e. The minimum absolute atomic E-state index is 0.0205. The number of nitrogens with zero attached hydrogens (tertiary/aromatic N) is 1. The van der Waals surface area contributed by atoms with Crippen LogP contribution in [0.5, 0.6) is 0 Å². The van der Waals surface area contributed by atoms with Crippen molar-refractivity contribution in [3.8, 4) is 0 Å². The zero-order chi connectivity index (χ0) is 22.4. The number of carbonyl (C=O) groups is 2. The molecule has 6 nitrogen and oxygen atoms in total. The number of aliphatic hydroxyl groups excluding tert-OH is 3. The number of allylic oxidation sites excluding steroid dienone is 3. The maximum Gasteiger partial charge on any atom is 0.222 e. The summed E-state index contributed by atoms with van der Waals surface area (Å²) in [5.41, 5.74) is 0. The fraction of sp³-hybridized carbons (Fsp3) is 0.750. The summed E-state index contributed by atoms with van der Waals surface area (Å²) in [6.07, 6.45) is 12.9. The molecule has 1 rings (SSSR count). The third kappa shape index (κ3) is 9.54. The number of hydrogen-bond acceptors (Lipinski definition) is 5. The molecule has 1 fully saturated rings. The lowest BCUT2D eigenvalue weighted by molar-refractivity contribution is -0.131. The number of unbranched alkanes of at least 4 members (excludes halogenated alkanes) is 3. The topological polar surface area (TPSA) is 98.1 Å². The number of amides is 1. The molecule has 0 heterocycles. The molecule has 2 unspecified atom stereocenters. The average molecular weight is 424 g/mol. The molecule has 1 saturated carbocycles. The Morgan fingerprint density at radius 3 is 2.67 bits per heavy atom. The van der Waals surface area contributed by atoms with Gasteiger partial charge >= 0.3 is 0 Å². The van der Waals surface area contributed by atoms with Gasteiger partial charge < -0.3 is 20.2 Å². The van der Waals surface area contributed by atoms with Crippen molar-refractivity contribution in [2.24, 2.45) is 11.8 Å². The molecule has 1 aliphatic carbocycles. The van der Waals surface area contributed by atoms with E-state index in [1.807, 2.05) is 19.1 Å². The number of Topliss-reactive ketones (excluding diaryl/α,β-unsaturated/α-hetero) is 1. The average Bonchev–Trinajstić information content (AvgIpc) is 2.99.